The van der Waals surface area contributed by atoms with Gasteiger partial charge in [0.2, 0.25) is 5.91 Å². The smallest absolute Gasteiger partial charge is 0.269 e. The lowest BCUT2D eigenvalue weighted by Gasteiger charge is -2.19. The normalized spacial score (nSPS) is 17.7. The molecule has 0 radical (unpaired) electrons. The van der Waals surface area contributed by atoms with E-state index in [0.29, 0.717) is 28.6 Å². The van der Waals surface area contributed by atoms with Crippen LogP contribution >= 0.6 is 11.8 Å². The maximum absolute atomic E-state index is 13.0. The molecule has 2 amide bonds. The van der Waals surface area contributed by atoms with Crippen LogP contribution in [0.3, 0.4) is 0 Å². The van der Waals surface area contributed by atoms with E-state index >= 15 is 0 Å². The average Bonchev–Trinajstić information content (AvgIpc) is 3.06. The number of nitrogens with one attached hydrogen (secondary N) is 1. The molecule has 0 bridgehead atoms. The zero-order valence-electron chi connectivity index (χ0n) is 16.4. The highest BCUT2D eigenvalue weighted by molar-refractivity contribution is 8.05. The van der Waals surface area contributed by atoms with Crippen LogP contribution in [-0.4, -0.2) is 24.2 Å². The summed E-state index contributed by atoms with van der Waals surface area (Å²) >= 11 is 1.25. The highest BCUT2D eigenvalue weighted by Gasteiger charge is 2.39. The molecule has 1 aliphatic heterocycles. The van der Waals surface area contributed by atoms with E-state index in [4.69, 9.17) is 4.74 Å². The summed E-state index contributed by atoms with van der Waals surface area (Å²) in [5, 5.41) is 12.5. The SMILES string of the molecule is CCC1S/C(=C(/C#N)C(=O)Nc2ccccc2C)N(c2ccc(OC)cc2)C1=O. The topological polar surface area (TPSA) is 82.4 Å². The minimum Gasteiger partial charge on any atom is -0.497 e. The van der Waals surface area contributed by atoms with Gasteiger partial charge in [0.1, 0.15) is 22.4 Å². The summed E-state index contributed by atoms with van der Waals surface area (Å²) in [6.45, 7) is 3.78. The molecular weight excluding hydrogens is 386 g/mol. The molecule has 1 heterocycles. The third-order valence-electron chi connectivity index (χ3n) is 4.60. The van der Waals surface area contributed by atoms with Crippen molar-refractivity contribution in [1.29, 1.82) is 5.26 Å². The molecule has 0 spiro atoms. The maximum Gasteiger partial charge on any atom is 0.269 e. The molecule has 0 aromatic heterocycles. The van der Waals surface area contributed by atoms with Gasteiger partial charge in [-0.15, -0.1) is 0 Å². The molecule has 2 aromatic carbocycles. The fourth-order valence-electron chi connectivity index (χ4n) is 2.98. The molecule has 1 N–H and O–H groups in total. The third kappa shape index (κ3) is 4.13. The molecule has 1 aliphatic rings. The van der Waals surface area contributed by atoms with Gasteiger partial charge in [0.05, 0.1) is 12.4 Å². The van der Waals surface area contributed by atoms with Crippen molar-refractivity contribution in [2.45, 2.75) is 25.5 Å². The van der Waals surface area contributed by atoms with Crippen LogP contribution in [0.1, 0.15) is 18.9 Å². The Bertz CT molecular complexity index is 1010. The summed E-state index contributed by atoms with van der Waals surface area (Å²) in [5.74, 6) is -0.0232. The predicted octanol–water partition coefficient (Wildman–Crippen LogP) is 4.24. The molecule has 1 unspecified atom stereocenters. The van der Waals surface area contributed by atoms with Crippen LogP contribution in [0.4, 0.5) is 11.4 Å². The van der Waals surface area contributed by atoms with Crippen molar-refractivity contribution in [3.63, 3.8) is 0 Å². The summed E-state index contributed by atoms with van der Waals surface area (Å²) in [4.78, 5) is 27.3. The van der Waals surface area contributed by atoms with Crippen molar-refractivity contribution in [3.8, 4) is 11.8 Å². The van der Waals surface area contributed by atoms with Crippen LogP contribution in [0.2, 0.25) is 0 Å². The maximum atomic E-state index is 13.0. The fourth-order valence-corrected chi connectivity index (χ4v) is 4.18. The summed E-state index contributed by atoms with van der Waals surface area (Å²) in [6, 6.07) is 16.3. The molecule has 2 aromatic rings. The standard InChI is InChI=1S/C22H21N3O3S/c1-4-19-21(27)25(15-9-11-16(28-3)12-10-15)22(29-19)17(13-23)20(26)24-18-8-6-5-7-14(18)2/h5-12,19H,4H2,1-3H3,(H,24,26)/b22-17-. The molecule has 1 fully saturated rings. The Morgan fingerprint density at radius 3 is 2.52 bits per heavy atom. The van der Waals surface area contributed by atoms with E-state index in [9.17, 15) is 14.9 Å². The van der Waals surface area contributed by atoms with E-state index in [0.717, 1.165) is 5.56 Å². The third-order valence-corrected chi connectivity index (χ3v) is 6.03. The summed E-state index contributed by atoms with van der Waals surface area (Å²) < 4.78 is 5.18. The lowest BCUT2D eigenvalue weighted by Crippen LogP contribution is -2.29. The number of rotatable bonds is 5. The second kappa shape index (κ2) is 8.84. The van der Waals surface area contributed by atoms with Crippen molar-refractivity contribution >= 4 is 35.0 Å². The Balaban J connectivity index is 2.02. The lowest BCUT2D eigenvalue weighted by molar-refractivity contribution is -0.117. The predicted molar refractivity (Wildman–Crippen MR) is 115 cm³/mol. The summed E-state index contributed by atoms with van der Waals surface area (Å²) in [6.07, 6.45) is 0.595. The van der Waals surface area contributed by atoms with Crippen molar-refractivity contribution in [3.05, 3.63) is 64.7 Å². The molecule has 7 heteroatoms. The molecule has 0 aliphatic carbocycles. The number of methoxy groups -OCH3 is 1. The number of benzene rings is 2. The fraction of sp³-hybridized carbons (Fsp3) is 0.227. The number of thioether (sulfide) groups is 1. The number of anilines is 2. The van der Waals surface area contributed by atoms with E-state index in [2.05, 4.69) is 5.32 Å². The van der Waals surface area contributed by atoms with Gasteiger partial charge in [-0.3, -0.25) is 14.5 Å². The quantitative estimate of drug-likeness (QED) is 0.592. The van der Waals surface area contributed by atoms with Gasteiger partial charge in [-0.25, -0.2) is 0 Å². The first kappa shape index (κ1) is 20.5. The average molecular weight is 407 g/mol. The summed E-state index contributed by atoms with van der Waals surface area (Å²) in [5.41, 5.74) is 2.02. The van der Waals surface area contributed by atoms with Gasteiger partial charge in [-0.05, 0) is 49.2 Å². The van der Waals surface area contributed by atoms with Crippen LogP contribution in [0, 0.1) is 18.3 Å². The second-order valence-corrected chi connectivity index (χ2v) is 7.64. The molecule has 1 atom stereocenters. The number of carbonyl (C=O) groups excluding carboxylic acids is 2. The Morgan fingerprint density at radius 1 is 1.24 bits per heavy atom. The van der Waals surface area contributed by atoms with E-state index in [-0.39, 0.29) is 16.7 Å². The number of para-hydroxylation sites is 1. The monoisotopic (exact) mass is 407 g/mol. The van der Waals surface area contributed by atoms with Crippen molar-refractivity contribution in [2.24, 2.45) is 0 Å². The van der Waals surface area contributed by atoms with Crippen LogP contribution in [0.5, 0.6) is 5.75 Å². The molecule has 0 saturated carbocycles. The molecular formula is C22H21N3O3S. The van der Waals surface area contributed by atoms with E-state index in [1.54, 1.807) is 37.4 Å². The molecule has 1 saturated heterocycles. The Morgan fingerprint density at radius 2 is 1.93 bits per heavy atom. The van der Waals surface area contributed by atoms with Crippen LogP contribution < -0.4 is 15.0 Å². The van der Waals surface area contributed by atoms with Gasteiger partial charge in [0, 0.05) is 11.4 Å². The van der Waals surface area contributed by atoms with Gasteiger partial charge in [-0.2, -0.15) is 5.26 Å². The lowest BCUT2D eigenvalue weighted by atomic mass is 10.2. The van der Waals surface area contributed by atoms with Crippen LogP contribution in [-0.2, 0) is 9.59 Å². The van der Waals surface area contributed by atoms with Gasteiger partial charge >= 0.3 is 0 Å². The van der Waals surface area contributed by atoms with Crippen LogP contribution in [0.25, 0.3) is 0 Å². The van der Waals surface area contributed by atoms with Crippen molar-refractivity contribution < 1.29 is 14.3 Å². The Labute approximate surface area is 174 Å². The number of carbonyl (C=O) groups is 2. The second-order valence-electron chi connectivity index (χ2n) is 6.45. The first-order valence-electron chi connectivity index (χ1n) is 9.16. The minimum atomic E-state index is -0.535. The summed E-state index contributed by atoms with van der Waals surface area (Å²) in [7, 11) is 1.56. The zero-order chi connectivity index (χ0) is 21.0. The number of nitrogens with zero attached hydrogens (tertiary/aromatic N) is 2. The zero-order valence-corrected chi connectivity index (χ0v) is 17.2. The Kier molecular flexibility index (Phi) is 6.25. The minimum absolute atomic E-state index is 0.0848. The van der Waals surface area contributed by atoms with E-state index in [1.165, 1.54) is 16.7 Å². The van der Waals surface area contributed by atoms with Gasteiger partial charge in [0.25, 0.3) is 5.91 Å². The molecule has 29 heavy (non-hydrogen) atoms. The van der Waals surface area contributed by atoms with E-state index < -0.39 is 5.91 Å². The van der Waals surface area contributed by atoms with Crippen LogP contribution in [0.15, 0.2) is 59.1 Å². The van der Waals surface area contributed by atoms with Crippen molar-refractivity contribution in [1.82, 2.24) is 0 Å². The first-order valence-corrected chi connectivity index (χ1v) is 10.0. The number of hydrogen-bond acceptors (Lipinski definition) is 5. The number of ether oxygens (including phenoxy) is 1. The molecule has 148 valence electrons. The number of aryl methyl sites for hydroxylation is 1. The number of amides is 2. The molecule has 6 nitrogen and oxygen atoms in total. The van der Waals surface area contributed by atoms with E-state index in [1.807, 2.05) is 38.1 Å². The first-order chi connectivity index (χ1) is 14.0. The van der Waals surface area contributed by atoms with Crippen molar-refractivity contribution in [2.75, 3.05) is 17.3 Å². The highest BCUT2D eigenvalue weighted by atomic mass is 32.2. The van der Waals surface area contributed by atoms with Gasteiger partial charge < -0.3 is 10.1 Å². The van der Waals surface area contributed by atoms with Gasteiger partial charge in [-0.1, -0.05) is 36.9 Å². The number of hydrogen-bond donors (Lipinski definition) is 1. The largest absolute Gasteiger partial charge is 0.497 e. The van der Waals surface area contributed by atoms with Gasteiger partial charge in [0.15, 0.2) is 0 Å². The number of nitriles is 1. The molecule has 3 rings (SSSR count). The highest BCUT2D eigenvalue weighted by Crippen LogP contribution is 2.42. The Hall–Kier alpha value is -3.24.